The molecule has 0 amide bonds. The molecule has 54 valence electrons. The number of thioether (sulfide) groups is 1. The molecule has 2 atom stereocenters. The fourth-order valence-electron chi connectivity index (χ4n) is 1.30. The van der Waals surface area contributed by atoms with Crippen LogP contribution in [0.15, 0.2) is 0 Å². The average molecular weight is 165 g/mol. The summed E-state index contributed by atoms with van der Waals surface area (Å²) in [5.41, 5.74) is 0. The Morgan fingerprint density at radius 1 is 1.44 bits per heavy atom. The Kier molecular flexibility index (Phi) is 3.20. The van der Waals surface area contributed by atoms with E-state index in [0.29, 0.717) is 5.38 Å². The summed E-state index contributed by atoms with van der Waals surface area (Å²) in [6.07, 6.45) is 7.35. The van der Waals surface area contributed by atoms with Gasteiger partial charge in [0.25, 0.3) is 0 Å². The summed E-state index contributed by atoms with van der Waals surface area (Å²) in [4.78, 5) is 0. The molecule has 1 rings (SSSR count). The molecule has 0 nitrogen and oxygen atoms in total. The molecule has 0 aromatic carbocycles. The molecule has 0 saturated heterocycles. The molecule has 0 bridgehead atoms. The van der Waals surface area contributed by atoms with Crippen LogP contribution in [0.4, 0.5) is 0 Å². The maximum absolute atomic E-state index is 5.98. The molecule has 0 aromatic rings. The Morgan fingerprint density at radius 2 is 2.22 bits per heavy atom. The monoisotopic (exact) mass is 164 g/mol. The molecule has 0 radical (unpaired) electrons. The molecule has 0 unspecified atom stereocenters. The molecule has 0 heterocycles. The number of halogens is 1. The van der Waals surface area contributed by atoms with Gasteiger partial charge in [0.15, 0.2) is 0 Å². The second kappa shape index (κ2) is 3.72. The summed E-state index contributed by atoms with van der Waals surface area (Å²) in [5, 5.41) is 1.32. The zero-order valence-corrected chi connectivity index (χ0v) is 7.34. The van der Waals surface area contributed by atoms with Gasteiger partial charge in [-0.25, -0.2) is 0 Å². The fraction of sp³-hybridized carbons (Fsp3) is 1.00. The molecule has 0 aromatic heterocycles. The highest BCUT2D eigenvalue weighted by molar-refractivity contribution is 7.99. The van der Waals surface area contributed by atoms with E-state index in [1.165, 1.54) is 25.7 Å². The second-order valence-electron chi connectivity index (χ2n) is 2.62. The standard InChI is InChI=1S/C7H13ClS/c1-9-7-4-2-3-6(8)5-7/h6-7H,2-5H2,1H3/t6-,7-/m1/s1. The molecular formula is C7H13ClS. The van der Waals surface area contributed by atoms with Crippen molar-refractivity contribution in [3.05, 3.63) is 0 Å². The molecule has 1 saturated carbocycles. The van der Waals surface area contributed by atoms with Crippen molar-refractivity contribution in [1.82, 2.24) is 0 Å². The summed E-state index contributed by atoms with van der Waals surface area (Å²) in [5.74, 6) is 0. The first kappa shape index (κ1) is 7.74. The van der Waals surface area contributed by atoms with Gasteiger partial charge in [-0.05, 0) is 25.5 Å². The van der Waals surface area contributed by atoms with E-state index < -0.39 is 0 Å². The third kappa shape index (κ3) is 2.38. The molecule has 0 spiro atoms. The van der Waals surface area contributed by atoms with Crippen LogP contribution in [0.2, 0.25) is 0 Å². The highest BCUT2D eigenvalue weighted by Crippen LogP contribution is 2.29. The van der Waals surface area contributed by atoms with E-state index in [-0.39, 0.29) is 0 Å². The molecule has 1 aliphatic rings. The van der Waals surface area contributed by atoms with Crippen molar-refractivity contribution in [3.8, 4) is 0 Å². The smallest absolute Gasteiger partial charge is 0.0346 e. The quantitative estimate of drug-likeness (QED) is 0.538. The summed E-state index contributed by atoms with van der Waals surface area (Å²) in [7, 11) is 0. The lowest BCUT2D eigenvalue weighted by atomic mass is 10.00. The van der Waals surface area contributed by atoms with Gasteiger partial charge >= 0.3 is 0 Å². The molecule has 1 fully saturated rings. The minimum atomic E-state index is 0.469. The predicted octanol–water partition coefficient (Wildman–Crippen LogP) is 2.90. The molecule has 0 aliphatic heterocycles. The Bertz CT molecular complexity index is 85.0. The van der Waals surface area contributed by atoms with Crippen LogP contribution in [0.5, 0.6) is 0 Å². The summed E-state index contributed by atoms with van der Waals surface area (Å²) < 4.78 is 0. The average Bonchev–Trinajstić information content (AvgIpc) is 1.88. The van der Waals surface area contributed by atoms with Gasteiger partial charge < -0.3 is 0 Å². The maximum atomic E-state index is 5.98. The van der Waals surface area contributed by atoms with Crippen LogP contribution in [0.25, 0.3) is 0 Å². The van der Waals surface area contributed by atoms with E-state index in [1.54, 1.807) is 0 Å². The number of hydrogen-bond acceptors (Lipinski definition) is 1. The van der Waals surface area contributed by atoms with Crippen molar-refractivity contribution >= 4 is 23.4 Å². The van der Waals surface area contributed by atoms with Gasteiger partial charge in [-0.1, -0.05) is 6.42 Å². The van der Waals surface area contributed by atoms with Gasteiger partial charge in [-0.15, -0.1) is 11.6 Å². The van der Waals surface area contributed by atoms with Crippen LogP contribution in [0, 0.1) is 0 Å². The van der Waals surface area contributed by atoms with Crippen molar-refractivity contribution in [2.75, 3.05) is 6.26 Å². The topological polar surface area (TPSA) is 0 Å². The van der Waals surface area contributed by atoms with E-state index in [0.717, 1.165) is 5.25 Å². The minimum absolute atomic E-state index is 0.469. The van der Waals surface area contributed by atoms with E-state index in [1.807, 2.05) is 11.8 Å². The van der Waals surface area contributed by atoms with Crippen molar-refractivity contribution in [1.29, 1.82) is 0 Å². The zero-order valence-electron chi connectivity index (χ0n) is 5.77. The van der Waals surface area contributed by atoms with E-state index in [9.17, 15) is 0 Å². The van der Waals surface area contributed by atoms with Crippen LogP contribution in [-0.4, -0.2) is 16.9 Å². The predicted molar refractivity (Wildman–Crippen MR) is 45.4 cm³/mol. The van der Waals surface area contributed by atoms with E-state index >= 15 is 0 Å². The fourth-order valence-corrected chi connectivity index (χ4v) is 2.60. The molecular weight excluding hydrogens is 152 g/mol. The lowest BCUT2D eigenvalue weighted by molar-refractivity contribution is 0.523. The summed E-state index contributed by atoms with van der Waals surface area (Å²) in [6, 6.07) is 0. The highest BCUT2D eigenvalue weighted by atomic mass is 35.5. The second-order valence-corrected chi connectivity index (χ2v) is 4.38. The maximum Gasteiger partial charge on any atom is 0.0346 e. The van der Waals surface area contributed by atoms with Gasteiger partial charge in [0.05, 0.1) is 0 Å². The largest absolute Gasteiger partial charge is 0.162 e. The van der Waals surface area contributed by atoms with E-state index in [4.69, 9.17) is 11.6 Å². The van der Waals surface area contributed by atoms with Gasteiger partial charge in [0, 0.05) is 10.6 Å². The first-order valence-corrected chi connectivity index (χ1v) is 5.22. The highest BCUT2D eigenvalue weighted by Gasteiger charge is 2.18. The minimum Gasteiger partial charge on any atom is -0.162 e. The van der Waals surface area contributed by atoms with Crippen LogP contribution in [0.3, 0.4) is 0 Å². The Balaban J connectivity index is 2.23. The molecule has 1 aliphatic carbocycles. The Morgan fingerprint density at radius 3 is 2.67 bits per heavy atom. The van der Waals surface area contributed by atoms with Crippen molar-refractivity contribution in [2.45, 2.75) is 36.3 Å². The summed E-state index contributed by atoms with van der Waals surface area (Å²) >= 11 is 7.94. The molecule has 0 N–H and O–H groups in total. The van der Waals surface area contributed by atoms with Crippen molar-refractivity contribution < 1.29 is 0 Å². The lowest BCUT2D eigenvalue weighted by Crippen LogP contribution is -2.16. The van der Waals surface area contributed by atoms with Gasteiger partial charge in [-0.3, -0.25) is 0 Å². The van der Waals surface area contributed by atoms with Crippen LogP contribution < -0.4 is 0 Å². The van der Waals surface area contributed by atoms with Crippen molar-refractivity contribution in [3.63, 3.8) is 0 Å². The third-order valence-electron chi connectivity index (χ3n) is 1.90. The first-order valence-electron chi connectivity index (χ1n) is 3.50. The van der Waals surface area contributed by atoms with Crippen LogP contribution in [-0.2, 0) is 0 Å². The SMILES string of the molecule is CS[C@@H]1CCC[C@@H](Cl)C1. The molecule has 9 heavy (non-hydrogen) atoms. The van der Waals surface area contributed by atoms with Crippen LogP contribution in [0.1, 0.15) is 25.7 Å². The Labute approximate surface area is 66.3 Å². The number of hydrogen-bond donors (Lipinski definition) is 0. The van der Waals surface area contributed by atoms with Gasteiger partial charge in [0.1, 0.15) is 0 Å². The number of alkyl halides is 1. The van der Waals surface area contributed by atoms with Crippen molar-refractivity contribution in [2.24, 2.45) is 0 Å². The number of rotatable bonds is 1. The van der Waals surface area contributed by atoms with Gasteiger partial charge in [0.2, 0.25) is 0 Å². The first-order chi connectivity index (χ1) is 4.33. The summed E-state index contributed by atoms with van der Waals surface area (Å²) in [6.45, 7) is 0. The Hall–Kier alpha value is 0.640. The normalized spacial score (nSPS) is 36.7. The van der Waals surface area contributed by atoms with E-state index in [2.05, 4.69) is 6.26 Å². The molecule has 2 heteroatoms. The zero-order chi connectivity index (χ0) is 6.69. The lowest BCUT2D eigenvalue weighted by Gasteiger charge is -2.23. The van der Waals surface area contributed by atoms with Gasteiger partial charge in [-0.2, -0.15) is 11.8 Å². The van der Waals surface area contributed by atoms with Crippen LogP contribution >= 0.6 is 23.4 Å². The third-order valence-corrected chi connectivity index (χ3v) is 3.39.